The fraction of sp³-hybridized carbons (Fsp3) is 0.857. The average molecular weight is 219 g/mol. The quantitative estimate of drug-likeness (QED) is 0.345. The molecule has 0 fully saturated rings. The van der Waals surface area contributed by atoms with E-state index in [4.69, 9.17) is 23.2 Å². The van der Waals surface area contributed by atoms with Crippen LogP contribution in [0.3, 0.4) is 0 Å². The highest BCUT2D eigenvalue weighted by Gasteiger charge is 2.01. The van der Waals surface area contributed by atoms with Gasteiger partial charge in [-0.25, -0.2) is 4.58 Å². The Kier molecular flexibility index (Phi) is 11.1. The van der Waals surface area contributed by atoms with Crippen LogP contribution in [0.2, 0.25) is 0 Å². The summed E-state index contributed by atoms with van der Waals surface area (Å²) < 4.78 is 2.20. The molecule has 4 heteroatoms. The molecule has 0 aromatic heterocycles. The lowest BCUT2D eigenvalue weighted by atomic mass is 10.2. The number of nitrogens with zero attached hydrogens (tertiary/aromatic N) is 1. The molecule has 0 aliphatic heterocycles. The van der Waals surface area contributed by atoms with Gasteiger partial charge in [-0.2, -0.15) is 0 Å². The van der Waals surface area contributed by atoms with Crippen molar-refractivity contribution in [3.05, 3.63) is 0 Å². The molecule has 0 bridgehead atoms. The molecule has 0 aromatic rings. The molecule has 0 saturated carbocycles. The van der Waals surface area contributed by atoms with Crippen LogP contribution in [0.5, 0.6) is 0 Å². The zero-order valence-electron chi connectivity index (χ0n) is 6.91. The molecule has 0 N–H and O–H groups in total. The molecule has 11 heavy (non-hydrogen) atoms. The van der Waals surface area contributed by atoms with Gasteiger partial charge >= 0.3 is 4.63 Å². The third kappa shape index (κ3) is 8.45. The van der Waals surface area contributed by atoms with E-state index >= 15 is 0 Å². The summed E-state index contributed by atoms with van der Waals surface area (Å²) >= 11 is 11.0. The molecule has 0 spiro atoms. The molecule has 0 amide bonds. The molecule has 0 saturated heterocycles. The minimum atomic E-state index is 0. The van der Waals surface area contributed by atoms with Crippen molar-refractivity contribution in [2.75, 3.05) is 13.6 Å². The van der Waals surface area contributed by atoms with Crippen LogP contribution < -0.4 is 12.4 Å². The van der Waals surface area contributed by atoms with Crippen molar-refractivity contribution in [1.82, 2.24) is 0 Å². The van der Waals surface area contributed by atoms with Gasteiger partial charge in [0.05, 0.1) is 0 Å². The maximum Gasteiger partial charge on any atom is 0.341 e. The first-order valence-corrected chi connectivity index (χ1v) is 4.33. The third-order valence-corrected chi connectivity index (χ3v) is 1.96. The molecule has 0 aromatic carbocycles. The predicted octanol–water partition coefficient (Wildman–Crippen LogP) is -0.344. The second-order valence-corrected chi connectivity index (χ2v) is 3.28. The van der Waals surface area contributed by atoms with Gasteiger partial charge in [-0.3, -0.25) is 0 Å². The second-order valence-electron chi connectivity index (χ2n) is 2.37. The van der Waals surface area contributed by atoms with Crippen LogP contribution in [0.25, 0.3) is 0 Å². The third-order valence-electron chi connectivity index (χ3n) is 1.39. The summed E-state index contributed by atoms with van der Waals surface area (Å²) in [6.45, 7) is 3.13. The minimum absolute atomic E-state index is 0. The van der Waals surface area contributed by atoms with Crippen molar-refractivity contribution >= 4 is 27.8 Å². The molecular weight excluding hydrogens is 204 g/mol. The lowest BCUT2D eigenvalue weighted by Crippen LogP contribution is -3.00. The van der Waals surface area contributed by atoms with Crippen molar-refractivity contribution in [2.45, 2.75) is 26.2 Å². The number of hydrogen-bond acceptors (Lipinski definition) is 0. The highest BCUT2D eigenvalue weighted by atomic mass is 35.5. The van der Waals surface area contributed by atoms with Crippen molar-refractivity contribution < 1.29 is 17.0 Å². The summed E-state index contributed by atoms with van der Waals surface area (Å²) in [6.07, 6.45) is 3.63. The molecule has 0 unspecified atom stereocenters. The topological polar surface area (TPSA) is 3.01 Å². The van der Waals surface area contributed by atoms with Crippen LogP contribution in [-0.2, 0) is 0 Å². The van der Waals surface area contributed by atoms with Crippen LogP contribution in [0, 0.1) is 0 Å². The first-order chi connectivity index (χ1) is 4.68. The Morgan fingerprint density at radius 1 is 1.27 bits per heavy atom. The highest BCUT2D eigenvalue weighted by molar-refractivity contribution is 6.94. The first kappa shape index (κ1) is 14.1. The number of unbranched alkanes of at least 4 members (excludes halogenated alkanes) is 2. The van der Waals surface area contributed by atoms with E-state index in [0.717, 1.165) is 13.0 Å². The lowest BCUT2D eigenvalue weighted by Gasteiger charge is -1.94. The standard InChI is InChI=1S/C7H14Cl2N.ClH/c1-3-4-5-6-10(2)7(8)9;/h3-6H2,1-2H3;1H/q+1;/p-1. The Bertz CT molecular complexity index is 119. The van der Waals surface area contributed by atoms with Gasteiger partial charge < -0.3 is 12.4 Å². The van der Waals surface area contributed by atoms with Gasteiger partial charge in [-0.05, 0) is 6.42 Å². The Labute approximate surface area is 84.8 Å². The molecule has 0 aliphatic carbocycles. The van der Waals surface area contributed by atoms with Gasteiger partial charge in [0.15, 0.2) is 0 Å². The maximum atomic E-state index is 5.52. The lowest BCUT2D eigenvalue weighted by molar-refractivity contribution is -0.493. The largest absolute Gasteiger partial charge is 1.00 e. The molecule has 68 valence electrons. The highest BCUT2D eigenvalue weighted by Crippen LogP contribution is 1.96. The summed E-state index contributed by atoms with van der Waals surface area (Å²) in [5.74, 6) is 0. The van der Waals surface area contributed by atoms with Gasteiger partial charge in [-0.15, -0.1) is 0 Å². The van der Waals surface area contributed by atoms with Crippen LogP contribution in [0.4, 0.5) is 0 Å². The molecule has 0 radical (unpaired) electrons. The second kappa shape index (κ2) is 8.63. The first-order valence-electron chi connectivity index (χ1n) is 3.57. The zero-order valence-corrected chi connectivity index (χ0v) is 9.18. The van der Waals surface area contributed by atoms with Crippen LogP contribution in [0.1, 0.15) is 26.2 Å². The van der Waals surface area contributed by atoms with Crippen LogP contribution in [-0.4, -0.2) is 22.8 Å². The summed E-state index contributed by atoms with van der Waals surface area (Å²) in [5, 5.41) is 0. The van der Waals surface area contributed by atoms with E-state index in [0.29, 0.717) is 4.63 Å². The molecule has 0 rings (SSSR count). The monoisotopic (exact) mass is 217 g/mol. The van der Waals surface area contributed by atoms with Gasteiger partial charge in [0.1, 0.15) is 13.6 Å². The fourth-order valence-electron chi connectivity index (χ4n) is 0.683. The van der Waals surface area contributed by atoms with Crippen molar-refractivity contribution in [3.8, 4) is 0 Å². The Hall–Kier alpha value is 0.540. The number of hydrogen-bond donors (Lipinski definition) is 0. The van der Waals surface area contributed by atoms with E-state index < -0.39 is 0 Å². The zero-order chi connectivity index (χ0) is 7.98. The van der Waals surface area contributed by atoms with Gasteiger partial charge in [-0.1, -0.05) is 13.3 Å². The van der Waals surface area contributed by atoms with E-state index in [1.807, 2.05) is 11.6 Å². The van der Waals surface area contributed by atoms with Crippen LogP contribution >= 0.6 is 23.2 Å². The molecular formula is C7H14Cl3N. The molecule has 0 heterocycles. The summed E-state index contributed by atoms with van der Waals surface area (Å²) in [5.41, 5.74) is 0. The SMILES string of the molecule is CCCCC[N+](C)=C(Cl)Cl.[Cl-]. The Morgan fingerprint density at radius 2 is 1.82 bits per heavy atom. The van der Waals surface area contributed by atoms with Gasteiger partial charge in [0, 0.05) is 29.6 Å². The van der Waals surface area contributed by atoms with E-state index in [9.17, 15) is 0 Å². The molecule has 0 aliphatic rings. The Balaban J connectivity index is 0. The Morgan fingerprint density at radius 3 is 2.18 bits per heavy atom. The fourth-order valence-corrected chi connectivity index (χ4v) is 0.853. The van der Waals surface area contributed by atoms with Crippen molar-refractivity contribution in [1.29, 1.82) is 0 Å². The average Bonchev–Trinajstić information content (AvgIpc) is 1.88. The summed E-state index contributed by atoms with van der Waals surface area (Å²) in [6, 6.07) is 0. The number of rotatable bonds is 4. The van der Waals surface area contributed by atoms with E-state index in [1.165, 1.54) is 12.8 Å². The summed E-state index contributed by atoms with van der Waals surface area (Å²) in [7, 11) is 1.89. The molecule has 0 atom stereocenters. The predicted molar refractivity (Wildman–Crippen MR) is 47.3 cm³/mol. The van der Waals surface area contributed by atoms with E-state index in [1.54, 1.807) is 0 Å². The normalized spacial score (nSPS) is 8.73. The van der Waals surface area contributed by atoms with Crippen molar-refractivity contribution in [2.24, 2.45) is 0 Å². The number of halogens is 3. The van der Waals surface area contributed by atoms with Gasteiger partial charge in [0.2, 0.25) is 0 Å². The van der Waals surface area contributed by atoms with E-state index in [2.05, 4.69) is 6.92 Å². The summed E-state index contributed by atoms with van der Waals surface area (Å²) in [4.78, 5) is 0. The van der Waals surface area contributed by atoms with E-state index in [-0.39, 0.29) is 12.4 Å². The van der Waals surface area contributed by atoms with Gasteiger partial charge in [0.25, 0.3) is 0 Å². The molecule has 1 nitrogen and oxygen atoms in total. The smallest absolute Gasteiger partial charge is 0.341 e. The van der Waals surface area contributed by atoms with Crippen molar-refractivity contribution in [3.63, 3.8) is 0 Å². The van der Waals surface area contributed by atoms with Crippen LogP contribution in [0.15, 0.2) is 0 Å². The maximum absolute atomic E-state index is 5.52. The minimum Gasteiger partial charge on any atom is -1.00 e.